The molecule has 1 aliphatic carbocycles. The number of fused-ring (bicyclic) bond motifs is 1. The number of aromatic nitrogens is 2. The largest absolute Gasteiger partial charge is 0.593 e. The molecule has 1 N–H and O–H groups in total. The molecule has 182 valence electrons. The van der Waals surface area contributed by atoms with Crippen LogP contribution in [0.4, 0.5) is 5.82 Å². The number of rotatable bonds is 6. The summed E-state index contributed by atoms with van der Waals surface area (Å²) in [7, 11) is 0. The standard InChI is InChI=1S/C29H28N4O2S/c1-20-5-4-18-33(20)36(35)24-12-9-21(10-13-24)26-7-2-8-27(31-26)32-28(34)29(15-16-29)23-11-14-25-22(19-23)6-3-17-30-25/h2-3,6-14,17,19-20H,4-5,15-16,18H2,1H3,(H,31,32,34)/t20-,36?/m0/s1. The molecule has 0 radical (unpaired) electrons. The maximum absolute atomic E-state index is 13.3. The molecule has 2 atom stereocenters. The monoisotopic (exact) mass is 496 g/mol. The summed E-state index contributed by atoms with van der Waals surface area (Å²) < 4.78 is 15.0. The summed E-state index contributed by atoms with van der Waals surface area (Å²) in [5, 5.41) is 4.09. The van der Waals surface area contributed by atoms with Gasteiger partial charge in [0.15, 0.2) is 4.90 Å². The smallest absolute Gasteiger partial charge is 0.236 e. The van der Waals surface area contributed by atoms with Crippen molar-refractivity contribution < 1.29 is 9.35 Å². The summed E-state index contributed by atoms with van der Waals surface area (Å²) in [5.41, 5.74) is 3.12. The molecular formula is C29H28N4O2S. The van der Waals surface area contributed by atoms with Crippen LogP contribution in [0.2, 0.25) is 0 Å². The number of carbonyl (C=O) groups excluding carboxylic acids is 1. The molecule has 2 fully saturated rings. The molecule has 0 spiro atoms. The number of carbonyl (C=O) groups is 1. The number of pyridine rings is 2. The Kier molecular flexibility index (Phi) is 5.99. The maximum Gasteiger partial charge on any atom is 0.236 e. The Hall–Kier alpha value is -3.26. The fourth-order valence-electron chi connectivity index (χ4n) is 5.08. The van der Waals surface area contributed by atoms with Crippen LogP contribution in [0, 0.1) is 0 Å². The summed E-state index contributed by atoms with van der Waals surface area (Å²) in [4.78, 5) is 23.2. The van der Waals surface area contributed by atoms with Gasteiger partial charge in [0.25, 0.3) is 0 Å². The molecule has 0 bridgehead atoms. The molecule has 1 saturated carbocycles. The number of anilines is 1. The first-order chi connectivity index (χ1) is 17.5. The first kappa shape index (κ1) is 23.2. The molecule has 1 unspecified atom stereocenters. The van der Waals surface area contributed by atoms with E-state index < -0.39 is 16.8 Å². The summed E-state index contributed by atoms with van der Waals surface area (Å²) in [6.45, 7) is 3.00. The maximum atomic E-state index is 13.3. The predicted molar refractivity (Wildman–Crippen MR) is 143 cm³/mol. The average Bonchev–Trinajstić information content (AvgIpc) is 3.63. The molecule has 1 aliphatic heterocycles. The Bertz CT molecular complexity index is 1420. The lowest BCUT2D eigenvalue weighted by Crippen LogP contribution is -2.33. The number of amides is 1. The first-order valence-corrected chi connectivity index (χ1v) is 13.6. The highest BCUT2D eigenvalue weighted by molar-refractivity contribution is 7.89. The summed E-state index contributed by atoms with van der Waals surface area (Å²) >= 11 is -1.14. The molecule has 4 aromatic rings. The molecule has 6 rings (SSSR count). The van der Waals surface area contributed by atoms with Gasteiger partial charge in [0.1, 0.15) is 5.82 Å². The van der Waals surface area contributed by atoms with E-state index in [1.54, 1.807) is 6.20 Å². The van der Waals surface area contributed by atoms with Crippen molar-refractivity contribution in [3.63, 3.8) is 0 Å². The van der Waals surface area contributed by atoms with Crippen molar-refractivity contribution in [2.45, 2.75) is 49.0 Å². The van der Waals surface area contributed by atoms with E-state index in [2.05, 4.69) is 27.6 Å². The minimum atomic E-state index is -1.14. The summed E-state index contributed by atoms with van der Waals surface area (Å²) in [6, 6.07) is 23.7. The molecule has 3 heterocycles. The van der Waals surface area contributed by atoms with Gasteiger partial charge in [-0.15, -0.1) is 4.31 Å². The van der Waals surface area contributed by atoms with Crippen molar-refractivity contribution in [1.82, 2.24) is 14.3 Å². The predicted octanol–water partition coefficient (Wildman–Crippen LogP) is 5.47. The topological polar surface area (TPSA) is 81.2 Å². The van der Waals surface area contributed by atoms with E-state index in [4.69, 9.17) is 4.98 Å². The Balaban J connectivity index is 1.19. The number of nitrogens with zero attached hydrogens (tertiary/aromatic N) is 3. The van der Waals surface area contributed by atoms with Crippen LogP contribution in [0.3, 0.4) is 0 Å². The van der Waals surface area contributed by atoms with Gasteiger partial charge in [-0.05, 0) is 92.8 Å². The zero-order valence-corrected chi connectivity index (χ0v) is 21.0. The number of hydrogen-bond donors (Lipinski definition) is 1. The Morgan fingerprint density at radius 2 is 1.92 bits per heavy atom. The first-order valence-electron chi connectivity index (χ1n) is 12.5. The Morgan fingerprint density at radius 1 is 1.08 bits per heavy atom. The van der Waals surface area contributed by atoms with Gasteiger partial charge in [-0.25, -0.2) is 4.98 Å². The van der Waals surface area contributed by atoms with Crippen molar-refractivity contribution in [3.05, 3.63) is 84.6 Å². The van der Waals surface area contributed by atoms with Crippen LogP contribution in [0.1, 0.15) is 38.2 Å². The van der Waals surface area contributed by atoms with Gasteiger partial charge in [0, 0.05) is 23.7 Å². The minimum absolute atomic E-state index is 0.0270. The minimum Gasteiger partial charge on any atom is -0.593 e. The number of benzene rings is 2. The van der Waals surface area contributed by atoms with Crippen LogP contribution in [-0.4, -0.2) is 37.3 Å². The average molecular weight is 497 g/mol. The Labute approximate surface area is 214 Å². The number of nitrogens with one attached hydrogen (secondary N) is 1. The van der Waals surface area contributed by atoms with Crippen LogP contribution in [0.5, 0.6) is 0 Å². The normalized spacial score (nSPS) is 19.8. The lowest BCUT2D eigenvalue weighted by Gasteiger charge is -2.23. The molecule has 36 heavy (non-hydrogen) atoms. The number of hydrogen-bond acceptors (Lipinski definition) is 5. The van der Waals surface area contributed by atoms with Crippen LogP contribution in [0.25, 0.3) is 22.2 Å². The van der Waals surface area contributed by atoms with Crippen LogP contribution in [-0.2, 0) is 21.6 Å². The Morgan fingerprint density at radius 3 is 2.67 bits per heavy atom. The van der Waals surface area contributed by atoms with E-state index in [1.807, 2.05) is 66.7 Å². The SMILES string of the molecule is C[C@H]1CCCN1[S+]([O-])c1ccc(-c2cccc(NC(=O)C3(c4ccc5ncccc5c4)CC3)n2)cc1. The molecule has 7 heteroatoms. The van der Waals surface area contributed by atoms with E-state index in [0.717, 1.165) is 64.8 Å². The third-order valence-corrected chi connectivity index (χ3v) is 9.03. The van der Waals surface area contributed by atoms with Gasteiger partial charge in [-0.1, -0.05) is 18.2 Å². The van der Waals surface area contributed by atoms with Gasteiger partial charge < -0.3 is 9.87 Å². The molecule has 2 aromatic heterocycles. The van der Waals surface area contributed by atoms with Crippen LogP contribution < -0.4 is 5.32 Å². The van der Waals surface area contributed by atoms with Crippen molar-refractivity contribution >= 4 is 34.0 Å². The molecule has 6 nitrogen and oxygen atoms in total. The molecular weight excluding hydrogens is 468 g/mol. The van der Waals surface area contributed by atoms with Crippen molar-refractivity contribution in [1.29, 1.82) is 0 Å². The van der Waals surface area contributed by atoms with E-state index in [9.17, 15) is 9.35 Å². The summed E-state index contributed by atoms with van der Waals surface area (Å²) in [6.07, 6.45) is 5.59. The van der Waals surface area contributed by atoms with Gasteiger partial charge in [0.05, 0.1) is 34.0 Å². The van der Waals surface area contributed by atoms with Gasteiger partial charge in [-0.2, -0.15) is 0 Å². The second-order valence-corrected chi connectivity index (χ2v) is 11.2. The lowest BCUT2D eigenvalue weighted by molar-refractivity contribution is -0.118. The van der Waals surface area contributed by atoms with E-state index in [-0.39, 0.29) is 5.91 Å². The molecule has 1 amide bonds. The zero-order valence-electron chi connectivity index (χ0n) is 20.2. The second-order valence-electron chi connectivity index (χ2n) is 9.76. The second kappa shape index (κ2) is 9.32. The third kappa shape index (κ3) is 4.28. The van der Waals surface area contributed by atoms with Gasteiger partial charge in [0.2, 0.25) is 5.91 Å². The fraction of sp³-hybridized carbons (Fsp3) is 0.276. The lowest BCUT2D eigenvalue weighted by atomic mass is 9.93. The van der Waals surface area contributed by atoms with Crippen LogP contribution in [0.15, 0.2) is 83.9 Å². The summed E-state index contributed by atoms with van der Waals surface area (Å²) in [5.74, 6) is 0.505. The van der Waals surface area contributed by atoms with E-state index in [1.165, 1.54) is 0 Å². The van der Waals surface area contributed by atoms with Crippen LogP contribution >= 0.6 is 0 Å². The van der Waals surface area contributed by atoms with E-state index >= 15 is 0 Å². The van der Waals surface area contributed by atoms with E-state index in [0.29, 0.717) is 11.9 Å². The van der Waals surface area contributed by atoms with Crippen molar-refractivity contribution in [2.75, 3.05) is 11.9 Å². The quantitative estimate of drug-likeness (QED) is 0.358. The van der Waals surface area contributed by atoms with Crippen molar-refractivity contribution in [3.8, 4) is 11.3 Å². The van der Waals surface area contributed by atoms with Gasteiger partial charge >= 0.3 is 0 Å². The molecule has 2 aromatic carbocycles. The zero-order chi connectivity index (χ0) is 24.7. The van der Waals surface area contributed by atoms with Crippen molar-refractivity contribution in [2.24, 2.45) is 0 Å². The van der Waals surface area contributed by atoms with Gasteiger partial charge in [-0.3, -0.25) is 9.78 Å². The molecule has 1 saturated heterocycles. The third-order valence-electron chi connectivity index (χ3n) is 7.39. The highest BCUT2D eigenvalue weighted by Gasteiger charge is 2.51. The fourth-order valence-corrected chi connectivity index (χ4v) is 6.44. The highest BCUT2D eigenvalue weighted by Crippen LogP contribution is 2.49. The highest BCUT2D eigenvalue weighted by atomic mass is 32.2. The molecule has 2 aliphatic rings.